The molecule has 0 aliphatic rings. The summed E-state index contributed by atoms with van der Waals surface area (Å²) < 4.78 is 6.00. The molecule has 0 spiro atoms. The Morgan fingerprint density at radius 1 is 0.812 bits per heavy atom. The summed E-state index contributed by atoms with van der Waals surface area (Å²) in [7, 11) is 0. The van der Waals surface area contributed by atoms with Crippen molar-refractivity contribution in [3.05, 3.63) is 0 Å². The molecule has 0 saturated heterocycles. The highest BCUT2D eigenvalue weighted by atomic mass is 16.5. The van der Waals surface area contributed by atoms with Crippen molar-refractivity contribution in [3.8, 4) is 0 Å². The van der Waals surface area contributed by atoms with Crippen LogP contribution in [0.3, 0.4) is 0 Å². The molecule has 0 aromatic carbocycles. The Labute approximate surface area is 103 Å². The Morgan fingerprint density at radius 2 is 1.31 bits per heavy atom. The van der Waals surface area contributed by atoms with Gasteiger partial charge in [0.15, 0.2) is 0 Å². The highest BCUT2D eigenvalue weighted by Crippen LogP contribution is 2.40. The molecular weight excluding hydrogens is 196 g/mol. The molecule has 0 N–H and O–H groups in total. The lowest BCUT2D eigenvalue weighted by Crippen LogP contribution is -2.33. The maximum absolute atomic E-state index is 6.00. The van der Waals surface area contributed by atoms with Crippen LogP contribution in [0.15, 0.2) is 0 Å². The third-order valence-electron chi connectivity index (χ3n) is 4.10. The second-order valence-corrected chi connectivity index (χ2v) is 7.24. The van der Waals surface area contributed by atoms with E-state index in [2.05, 4.69) is 55.4 Å². The van der Waals surface area contributed by atoms with Crippen LogP contribution in [0.4, 0.5) is 0 Å². The van der Waals surface area contributed by atoms with Crippen molar-refractivity contribution in [2.45, 2.75) is 80.3 Å². The molecule has 0 aliphatic heterocycles. The highest BCUT2D eigenvalue weighted by Gasteiger charge is 2.32. The summed E-state index contributed by atoms with van der Waals surface area (Å²) in [6, 6.07) is 0. The number of hydrogen-bond acceptors (Lipinski definition) is 1. The maximum atomic E-state index is 6.00. The molecule has 98 valence electrons. The fraction of sp³-hybridized carbons (Fsp3) is 1.00. The second kappa shape index (κ2) is 5.53. The zero-order valence-electron chi connectivity index (χ0n) is 12.7. The molecule has 0 atom stereocenters. The van der Waals surface area contributed by atoms with Crippen molar-refractivity contribution >= 4 is 0 Å². The maximum Gasteiger partial charge on any atom is 0.0626 e. The Balaban J connectivity index is 4.08. The monoisotopic (exact) mass is 228 g/mol. The van der Waals surface area contributed by atoms with Crippen LogP contribution in [-0.2, 0) is 4.74 Å². The summed E-state index contributed by atoms with van der Waals surface area (Å²) in [5.74, 6) is 0. The van der Waals surface area contributed by atoms with Gasteiger partial charge in [0.2, 0.25) is 0 Å². The van der Waals surface area contributed by atoms with E-state index >= 15 is 0 Å². The summed E-state index contributed by atoms with van der Waals surface area (Å²) in [6.45, 7) is 19.1. The molecule has 0 amide bonds. The van der Waals surface area contributed by atoms with Gasteiger partial charge in [-0.3, -0.25) is 0 Å². The van der Waals surface area contributed by atoms with Crippen LogP contribution >= 0.6 is 0 Å². The van der Waals surface area contributed by atoms with Crippen molar-refractivity contribution in [2.24, 2.45) is 10.8 Å². The molecule has 0 unspecified atom stereocenters. The Kier molecular flexibility index (Phi) is 5.52. The van der Waals surface area contributed by atoms with Gasteiger partial charge in [0.25, 0.3) is 0 Å². The number of ether oxygens (including phenoxy) is 1. The van der Waals surface area contributed by atoms with Gasteiger partial charge < -0.3 is 4.74 Å². The standard InChI is InChI=1S/C15H32O/c1-9-10-15(7,8)16-12-11-14(5,6)13(2,3)4/h9-12H2,1-8H3. The topological polar surface area (TPSA) is 9.23 Å². The van der Waals surface area contributed by atoms with Crippen LogP contribution in [0.25, 0.3) is 0 Å². The van der Waals surface area contributed by atoms with E-state index in [4.69, 9.17) is 4.74 Å². The summed E-state index contributed by atoms with van der Waals surface area (Å²) in [4.78, 5) is 0. The van der Waals surface area contributed by atoms with Crippen LogP contribution in [0.1, 0.15) is 74.7 Å². The molecule has 0 aromatic rings. The summed E-state index contributed by atoms with van der Waals surface area (Å²) >= 11 is 0. The first kappa shape index (κ1) is 16.0. The quantitative estimate of drug-likeness (QED) is 0.618. The van der Waals surface area contributed by atoms with Crippen LogP contribution < -0.4 is 0 Å². The number of rotatable bonds is 6. The zero-order chi connectivity index (χ0) is 13.0. The fourth-order valence-corrected chi connectivity index (χ4v) is 1.63. The van der Waals surface area contributed by atoms with Crippen LogP contribution in [0.2, 0.25) is 0 Å². The SMILES string of the molecule is CCCC(C)(C)OCCC(C)(C)C(C)(C)C. The van der Waals surface area contributed by atoms with Crippen molar-refractivity contribution in [2.75, 3.05) is 6.61 Å². The minimum Gasteiger partial charge on any atom is -0.376 e. The van der Waals surface area contributed by atoms with Crippen molar-refractivity contribution in [3.63, 3.8) is 0 Å². The molecule has 0 heterocycles. The van der Waals surface area contributed by atoms with Crippen molar-refractivity contribution < 1.29 is 4.74 Å². The molecule has 0 aromatic heterocycles. The molecule has 0 radical (unpaired) electrons. The van der Waals surface area contributed by atoms with E-state index in [0.29, 0.717) is 10.8 Å². The zero-order valence-corrected chi connectivity index (χ0v) is 12.7. The molecular formula is C15H32O. The number of hydrogen-bond donors (Lipinski definition) is 0. The molecule has 1 heteroatoms. The van der Waals surface area contributed by atoms with E-state index in [1.54, 1.807) is 0 Å². The summed E-state index contributed by atoms with van der Waals surface area (Å²) in [5.41, 5.74) is 0.712. The molecule has 0 rings (SSSR count). The Bertz CT molecular complexity index is 196. The highest BCUT2D eigenvalue weighted by molar-refractivity contribution is 4.82. The van der Waals surface area contributed by atoms with Crippen LogP contribution in [0.5, 0.6) is 0 Å². The lowest BCUT2D eigenvalue weighted by Gasteiger charge is -2.39. The average Bonchev–Trinajstić information content (AvgIpc) is 2.00. The van der Waals surface area contributed by atoms with E-state index in [1.807, 2.05) is 0 Å². The minimum absolute atomic E-state index is 0.0444. The van der Waals surface area contributed by atoms with Crippen molar-refractivity contribution in [1.29, 1.82) is 0 Å². The Hall–Kier alpha value is -0.0400. The lowest BCUT2D eigenvalue weighted by molar-refractivity contribution is -0.0456. The molecule has 0 fully saturated rings. The molecule has 0 aliphatic carbocycles. The predicted octanol–water partition coefficient (Wildman–Crippen LogP) is 5.04. The average molecular weight is 228 g/mol. The molecule has 1 nitrogen and oxygen atoms in total. The smallest absolute Gasteiger partial charge is 0.0626 e. The predicted molar refractivity (Wildman–Crippen MR) is 72.8 cm³/mol. The summed E-state index contributed by atoms with van der Waals surface area (Å²) in [5, 5.41) is 0. The van der Waals surface area contributed by atoms with E-state index in [0.717, 1.165) is 19.4 Å². The Morgan fingerprint density at radius 3 is 1.69 bits per heavy atom. The van der Waals surface area contributed by atoms with Gasteiger partial charge >= 0.3 is 0 Å². The third-order valence-corrected chi connectivity index (χ3v) is 4.10. The van der Waals surface area contributed by atoms with Gasteiger partial charge in [-0.2, -0.15) is 0 Å². The van der Waals surface area contributed by atoms with Gasteiger partial charge in [-0.05, 0) is 37.5 Å². The van der Waals surface area contributed by atoms with E-state index in [1.165, 1.54) is 6.42 Å². The fourth-order valence-electron chi connectivity index (χ4n) is 1.63. The lowest BCUT2D eigenvalue weighted by atomic mass is 9.67. The van der Waals surface area contributed by atoms with Gasteiger partial charge in [0.1, 0.15) is 0 Å². The van der Waals surface area contributed by atoms with E-state index in [-0.39, 0.29) is 5.60 Å². The molecule has 16 heavy (non-hydrogen) atoms. The van der Waals surface area contributed by atoms with Gasteiger partial charge in [-0.1, -0.05) is 48.0 Å². The minimum atomic E-state index is 0.0444. The van der Waals surface area contributed by atoms with Gasteiger partial charge in [0, 0.05) is 6.61 Å². The second-order valence-electron chi connectivity index (χ2n) is 7.24. The van der Waals surface area contributed by atoms with Gasteiger partial charge in [-0.15, -0.1) is 0 Å². The first-order chi connectivity index (χ1) is 7.02. The third kappa shape index (κ3) is 5.34. The van der Waals surface area contributed by atoms with Crippen LogP contribution in [0, 0.1) is 10.8 Å². The first-order valence-corrected chi connectivity index (χ1v) is 6.66. The molecule has 0 bridgehead atoms. The summed E-state index contributed by atoms with van der Waals surface area (Å²) in [6.07, 6.45) is 3.46. The van der Waals surface area contributed by atoms with E-state index < -0.39 is 0 Å². The van der Waals surface area contributed by atoms with Crippen molar-refractivity contribution in [1.82, 2.24) is 0 Å². The largest absolute Gasteiger partial charge is 0.376 e. The van der Waals surface area contributed by atoms with Gasteiger partial charge in [-0.25, -0.2) is 0 Å². The van der Waals surface area contributed by atoms with E-state index in [9.17, 15) is 0 Å². The normalized spacial score (nSPS) is 14.2. The first-order valence-electron chi connectivity index (χ1n) is 6.66. The van der Waals surface area contributed by atoms with Crippen LogP contribution in [-0.4, -0.2) is 12.2 Å². The van der Waals surface area contributed by atoms with Gasteiger partial charge in [0.05, 0.1) is 5.60 Å². The molecule has 0 saturated carbocycles.